The summed E-state index contributed by atoms with van der Waals surface area (Å²) in [7, 11) is 0. The van der Waals surface area contributed by atoms with Gasteiger partial charge in [0.05, 0.1) is 26.2 Å². The minimum Gasteiger partial charge on any atom is -0.466 e. The van der Waals surface area contributed by atoms with Gasteiger partial charge in [-0.3, -0.25) is 4.79 Å². The maximum atomic E-state index is 12.3. The minimum absolute atomic E-state index is 0.0805. The topological polar surface area (TPSA) is 44.8 Å². The number of hydrogen-bond acceptors (Lipinski definition) is 4. The molecule has 4 heteroatoms. The van der Waals surface area contributed by atoms with Crippen LogP contribution in [0.3, 0.4) is 0 Å². The molecule has 0 unspecified atom stereocenters. The third kappa shape index (κ3) is 2.82. The van der Waals surface area contributed by atoms with Gasteiger partial charge in [0.1, 0.15) is 0 Å². The van der Waals surface area contributed by atoms with Gasteiger partial charge < -0.3 is 14.2 Å². The molecule has 3 aliphatic rings. The van der Waals surface area contributed by atoms with Crippen molar-refractivity contribution >= 4 is 5.97 Å². The molecule has 3 fully saturated rings. The molecule has 0 radical (unpaired) electrons. The van der Waals surface area contributed by atoms with Crippen LogP contribution in [0.15, 0.2) is 0 Å². The molecule has 2 saturated carbocycles. The molecule has 0 aromatic rings. The zero-order chi connectivity index (χ0) is 16.7. The van der Waals surface area contributed by atoms with Crippen molar-refractivity contribution < 1.29 is 19.0 Å². The van der Waals surface area contributed by atoms with Gasteiger partial charge in [-0.25, -0.2) is 0 Å². The van der Waals surface area contributed by atoms with Crippen LogP contribution in [0.2, 0.25) is 0 Å². The number of rotatable bonds is 3. The van der Waals surface area contributed by atoms with Crippen molar-refractivity contribution in [1.29, 1.82) is 0 Å². The Morgan fingerprint density at radius 2 is 1.83 bits per heavy atom. The van der Waals surface area contributed by atoms with Crippen molar-refractivity contribution in [2.24, 2.45) is 22.7 Å². The Balaban J connectivity index is 1.93. The highest BCUT2D eigenvalue weighted by molar-refractivity contribution is 5.70. The Morgan fingerprint density at radius 3 is 2.48 bits per heavy atom. The predicted octanol–water partition coefficient (Wildman–Crippen LogP) is 3.93. The summed E-state index contributed by atoms with van der Waals surface area (Å²) in [6.45, 7) is 10.7. The second-order valence-electron chi connectivity index (χ2n) is 8.51. The molecule has 0 amide bonds. The molecule has 1 heterocycles. The van der Waals surface area contributed by atoms with E-state index in [0.717, 1.165) is 19.3 Å². The van der Waals surface area contributed by atoms with E-state index in [2.05, 4.69) is 20.8 Å². The highest BCUT2D eigenvalue weighted by atomic mass is 16.7. The van der Waals surface area contributed by atoms with Gasteiger partial charge in [0.15, 0.2) is 5.79 Å². The largest absolute Gasteiger partial charge is 0.466 e. The van der Waals surface area contributed by atoms with Gasteiger partial charge in [0, 0.05) is 12.3 Å². The highest BCUT2D eigenvalue weighted by Crippen LogP contribution is 2.64. The SMILES string of the molecule is CCOC(=O)C[C@H]1C2(CC[C@H]3C(C)(C)CCC[C@@]31C)OCCO2. The monoisotopic (exact) mass is 324 g/mol. The molecule has 4 nitrogen and oxygen atoms in total. The first kappa shape index (κ1) is 17.2. The first-order chi connectivity index (χ1) is 10.8. The lowest BCUT2D eigenvalue weighted by Gasteiger charge is -2.61. The molecule has 1 spiro atoms. The fraction of sp³-hybridized carbons (Fsp3) is 0.947. The molecule has 0 aromatic carbocycles. The number of carbonyl (C=O) groups excluding carboxylic acids is 1. The fourth-order valence-corrected chi connectivity index (χ4v) is 5.92. The van der Waals surface area contributed by atoms with Crippen LogP contribution >= 0.6 is 0 Å². The Kier molecular flexibility index (Phi) is 4.52. The van der Waals surface area contributed by atoms with Crippen molar-refractivity contribution in [2.75, 3.05) is 19.8 Å². The molecule has 0 bridgehead atoms. The van der Waals surface area contributed by atoms with Crippen LogP contribution in [-0.4, -0.2) is 31.6 Å². The van der Waals surface area contributed by atoms with E-state index in [1.54, 1.807) is 0 Å². The van der Waals surface area contributed by atoms with Gasteiger partial charge in [-0.05, 0) is 42.9 Å². The molecule has 1 saturated heterocycles. The Morgan fingerprint density at radius 1 is 1.13 bits per heavy atom. The van der Waals surface area contributed by atoms with Gasteiger partial charge in [0.25, 0.3) is 0 Å². The molecule has 23 heavy (non-hydrogen) atoms. The lowest BCUT2D eigenvalue weighted by molar-refractivity contribution is -0.273. The molecule has 2 aliphatic carbocycles. The molecule has 132 valence electrons. The van der Waals surface area contributed by atoms with Crippen molar-refractivity contribution in [3.8, 4) is 0 Å². The normalized spacial score (nSPS) is 38.3. The van der Waals surface area contributed by atoms with E-state index in [4.69, 9.17) is 14.2 Å². The maximum Gasteiger partial charge on any atom is 0.306 e. The summed E-state index contributed by atoms with van der Waals surface area (Å²) in [4.78, 5) is 12.3. The fourth-order valence-electron chi connectivity index (χ4n) is 5.92. The van der Waals surface area contributed by atoms with Crippen molar-refractivity contribution in [3.05, 3.63) is 0 Å². The maximum absolute atomic E-state index is 12.3. The average molecular weight is 324 g/mol. The minimum atomic E-state index is -0.564. The first-order valence-electron chi connectivity index (χ1n) is 9.28. The van der Waals surface area contributed by atoms with Crippen LogP contribution in [-0.2, 0) is 19.0 Å². The summed E-state index contributed by atoms with van der Waals surface area (Å²) < 4.78 is 17.5. The summed E-state index contributed by atoms with van der Waals surface area (Å²) in [5, 5.41) is 0. The Labute approximate surface area is 140 Å². The van der Waals surface area contributed by atoms with Crippen LogP contribution < -0.4 is 0 Å². The molecule has 3 atom stereocenters. The smallest absolute Gasteiger partial charge is 0.306 e. The lowest BCUT2D eigenvalue weighted by atomic mass is 9.46. The van der Waals surface area contributed by atoms with Gasteiger partial charge in [-0.15, -0.1) is 0 Å². The number of fused-ring (bicyclic) bond motifs is 1. The molecule has 3 rings (SSSR count). The quantitative estimate of drug-likeness (QED) is 0.738. The number of carbonyl (C=O) groups is 1. The zero-order valence-corrected chi connectivity index (χ0v) is 15.2. The van der Waals surface area contributed by atoms with E-state index in [1.807, 2.05) is 6.92 Å². The van der Waals surface area contributed by atoms with E-state index in [0.29, 0.717) is 37.6 Å². The highest BCUT2D eigenvalue weighted by Gasteiger charge is 2.62. The van der Waals surface area contributed by atoms with E-state index in [1.165, 1.54) is 12.8 Å². The number of esters is 1. The van der Waals surface area contributed by atoms with Crippen molar-refractivity contribution in [3.63, 3.8) is 0 Å². The lowest BCUT2D eigenvalue weighted by Crippen LogP contribution is -2.59. The summed E-state index contributed by atoms with van der Waals surface area (Å²) in [6.07, 6.45) is 6.09. The van der Waals surface area contributed by atoms with Gasteiger partial charge >= 0.3 is 5.97 Å². The van der Waals surface area contributed by atoms with Crippen LogP contribution in [0.25, 0.3) is 0 Å². The molecular formula is C19H32O4. The van der Waals surface area contributed by atoms with Gasteiger partial charge in [0.2, 0.25) is 0 Å². The zero-order valence-electron chi connectivity index (χ0n) is 15.2. The summed E-state index contributed by atoms with van der Waals surface area (Å²) in [5.74, 6) is 0.0310. The third-order valence-corrected chi connectivity index (χ3v) is 6.84. The van der Waals surface area contributed by atoms with Crippen LogP contribution in [0.4, 0.5) is 0 Å². The first-order valence-corrected chi connectivity index (χ1v) is 9.28. The second kappa shape index (κ2) is 6.03. The summed E-state index contributed by atoms with van der Waals surface area (Å²) >= 11 is 0. The van der Waals surface area contributed by atoms with Gasteiger partial charge in [-0.1, -0.05) is 27.2 Å². The predicted molar refractivity (Wildman–Crippen MR) is 87.8 cm³/mol. The molecule has 1 aliphatic heterocycles. The Bertz CT molecular complexity index is 452. The molecule has 0 aromatic heterocycles. The van der Waals surface area contributed by atoms with Crippen LogP contribution in [0.5, 0.6) is 0 Å². The van der Waals surface area contributed by atoms with Gasteiger partial charge in [-0.2, -0.15) is 0 Å². The standard InChI is InChI=1S/C19H32O4/c1-5-21-16(20)13-15-18(4)9-6-8-17(2,3)14(18)7-10-19(15)22-11-12-23-19/h14-15H,5-13H2,1-4H3/t14-,15+,18-/m0/s1. The van der Waals surface area contributed by atoms with E-state index in [-0.39, 0.29) is 17.3 Å². The van der Waals surface area contributed by atoms with Crippen molar-refractivity contribution in [1.82, 2.24) is 0 Å². The van der Waals surface area contributed by atoms with Crippen molar-refractivity contribution in [2.45, 2.75) is 72.0 Å². The van der Waals surface area contributed by atoms with E-state index in [9.17, 15) is 4.79 Å². The molecule has 0 N–H and O–H groups in total. The average Bonchev–Trinajstić information content (AvgIpc) is 2.92. The van der Waals surface area contributed by atoms with E-state index >= 15 is 0 Å². The summed E-state index contributed by atoms with van der Waals surface area (Å²) in [5.41, 5.74) is 0.400. The second-order valence-corrected chi connectivity index (χ2v) is 8.51. The third-order valence-electron chi connectivity index (χ3n) is 6.84. The molecular weight excluding hydrogens is 292 g/mol. The Hall–Kier alpha value is -0.610. The summed E-state index contributed by atoms with van der Waals surface area (Å²) in [6, 6.07) is 0. The number of hydrogen-bond donors (Lipinski definition) is 0. The van der Waals surface area contributed by atoms with E-state index < -0.39 is 5.79 Å². The van der Waals surface area contributed by atoms with Crippen LogP contribution in [0, 0.1) is 22.7 Å². The van der Waals surface area contributed by atoms with Crippen LogP contribution in [0.1, 0.15) is 66.2 Å². The number of ether oxygens (including phenoxy) is 3.